The standard InChI is InChI=1S/C10H9ClO2/c11-6-9(12)7-1-2-10-8(5-7)3-4-13-10/h1-2,5H,3-4,6H2. The summed E-state index contributed by atoms with van der Waals surface area (Å²) in [6, 6.07) is 5.46. The van der Waals surface area contributed by atoms with E-state index in [1.165, 1.54) is 0 Å². The number of alkyl halides is 1. The molecule has 0 aromatic heterocycles. The summed E-state index contributed by atoms with van der Waals surface area (Å²) >= 11 is 5.46. The lowest BCUT2D eigenvalue weighted by molar-refractivity contribution is 0.102. The third-order valence-corrected chi connectivity index (χ3v) is 2.38. The lowest BCUT2D eigenvalue weighted by Gasteiger charge is -2.00. The van der Waals surface area contributed by atoms with Gasteiger partial charge < -0.3 is 4.74 Å². The quantitative estimate of drug-likeness (QED) is 0.535. The number of hydrogen-bond donors (Lipinski definition) is 0. The van der Waals surface area contributed by atoms with Gasteiger partial charge in [0.1, 0.15) is 5.75 Å². The normalized spacial score (nSPS) is 13.6. The van der Waals surface area contributed by atoms with Crippen molar-refractivity contribution in [1.82, 2.24) is 0 Å². The van der Waals surface area contributed by atoms with Crippen molar-refractivity contribution in [3.05, 3.63) is 29.3 Å². The first-order valence-electron chi connectivity index (χ1n) is 4.16. The molecule has 1 heterocycles. The molecule has 0 atom stereocenters. The molecule has 1 aromatic carbocycles. The lowest BCUT2D eigenvalue weighted by Crippen LogP contribution is -2.00. The monoisotopic (exact) mass is 196 g/mol. The van der Waals surface area contributed by atoms with E-state index in [9.17, 15) is 4.79 Å². The first kappa shape index (κ1) is 8.57. The minimum atomic E-state index is -0.0311. The number of benzene rings is 1. The zero-order valence-electron chi connectivity index (χ0n) is 7.05. The van der Waals surface area contributed by atoms with E-state index < -0.39 is 0 Å². The zero-order chi connectivity index (χ0) is 9.26. The Bertz CT molecular complexity index is 347. The molecule has 2 rings (SSSR count). The zero-order valence-corrected chi connectivity index (χ0v) is 7.80. The Labute approximate surface area is 81.5 Å². The predicted molar refractivity (Wildman–Crippen MR) is 50.7 cm³/mol. The van der Waals surface area contributed by atoms with E-state index in [1.807, 2.05) is 12.1 Å². The Morgan fingerprint density at radius 1 is 1.54 bits per heavy atom. The third kappa shape index (κ3) is 1.54. The van der Waals surface area contributed by atoms with Crippen LogP contribution in [0.15, 0.2) is 18.2 Å². The largest absolute Gasteiger partial charge is 0.493 e. The molecule has 0 saturated carbocycles. The summed E-state index contributed by atoms with van der Waals surface area (Å²) in [5.41, 5.74) is 1.79. The van der Waals surface area contributed by atoms with Crippen molar-refractivity contribution in [3.63, 3.8) is 0 Å². The maximum Gasteiger partial charge on any atom is 0.177 e. The molecule has 0 bridgehead atoms. The number of Topliss-reactive ketones (excluding diaryl/α,β-unsaturated/α-hetero) is 1. The second-order valence-electron chi connectivity index (χ2n) is 2.98. The third-order valence-electron chi connectivity index (χ3n) is 2.13. The van der Waals surface area contributed by atoms with Gasteiger partial charge >= 0.3 is 0 Å². The van der Waals surface area contributed by atoms with Crippen molar-refractivity contribution >= 4 is 17.4 Å². The van der Waals surface area contributed by atoms with E-state index in [0.29, 0.717) is 12.2 Å². The number of ether oxygens (including phenoxy) is 1. The molecule has 0 aliphatic carbocycles. The van der Waals surface area contributed by atoms with Crippen LogP contribution in [-0.4, -0.2) is 18.3 Å². The molecule has 0 saturated heterocycles. The van der Waals surface area contributed by atoms with E-state index >= 15 is 0 Å². The maximum atomic E-state index is 11.2. The minimum Gasteiger partial charge on any atom is -0.493 e. The van der Waals surface area contributed by atoms with Crippen molar-refractivity contribution in [2.24, 2.45) is 0 Å². The molecule has 2 nitrogen and oxygen atoms in total. The number of rotatable bonds is 2. The van der Waals surface area contributed by atoms with Crippen molar-refractivity contribution in [2.75, 3.05) is 12.5 Å². The van der Waals surface area contributed by atoms with E-state index in [1.54, 1.807) is 6.07 Å². The summed E-state index contributed by atoms with van der Waals surface area (Å²) in [6.07, 6.45) is 0.888. The SMILES string of the molecule is O=C(CCl)c1ccc2c(c1)CCO2. The molecule has 0 fully saturated rings. The molecule has 1 aliphatic heterocycles. The molecular formula is C10H9ClO2. The highest BCUT2D eigenvalue weighted by Crippen LogP contribution is 2.25. The van der Waals surface area contributed by atoms with Gasteiger partial charge in [0.05, 0.1) is 12.5 Å². The highest BCUT2D eigenvalue weighted by Gasteiger charge is 2.14. The summed E-state index contributed by atoms with van der Waals surface area (Å²) in [6.45, 7) is 0.716. The summed E-state index contributed by atoms with van der Waals surface area (Å²) < 4.78 is 5.32. The van der Waals surface area contributed by atoms with E-state index in [0.717, 1.165) is 17.7 Å². The Hall–Kier alpha value is -1.02. The van der Waals surface area contributed by atoms with E-state index in [2.05, 4.69) is 0 Å². The van der Waals surface area contributed by atoms with Gasteiger partial charge in [-0.1, -0.05) is 0 Å². The van der Waals surface area contributed by atoms with Crippen LogP contribution in [0.2, 0.25) is 0 Å². The summed E-state index contributed by atoms with van der Waals surface area (Å²) in [7, 11) is 0. The smallest absolute Gasteiger partial charge is 0.177 e. The van der Waals surface area contributed by atoms with Gasteiger partial charge in [-0.05, 0) is 23.8 Å². The topological polar surface area (TPSA) is 26.3 Å². The summed E-state index contributed by atoms with van der Waals surface area (Å²) in [5.74, 6) is 0.905. The van der Waals surface area contributed by atoms with Crippen LogP contribution in [-0.2, 0) is 6.42 Å². The summed E-state index contributed by atoms with van der Waals surface area (Å²) in [5, 5.41) is 0. The Morgan fingerprint density at radius 3 is 3.15 bits per heavy atom. The fourth-order valence-corrected chi connectivity index (χ4v) is 1.59. The van der Waals surface area contributed by atoms with Crippen LogP contribution in [0.3, 0.4) is 0 Å². The van der Waals surface area contributed by atoms with Gasteiger partial charge in [0.25, 0.3) is 0 Å². The molecule has 13 heavy (non-hydrogen) atoms. The lowest BCUT2D eigenvalue weighted by atomic mass is 10.1. The van der Waals surface area contributed by atoms with Gasteiger partial charge in [0, 0.05) is 12.0 Å². The molecule has 68 valence electrons. The van der Waals surface area contributed by atoms with Gasteiger partial charge in [-0.15, -0.1) is 11.6 Å². The number of carbonyl (C=O) groups is 1. The van der Waals surface area contributed by atoms with Crippen LogP contribution in [0, 0.1) is 0 Å². The second-order valence-corrected chi connectivity index (χ2v) is 3.25. The predicted octanol–water partition coefficient (Wildman–Crippen LogP) is 2.04. The number of fused-ring (bicyclic) bond motifs is 1. The average molecular weight is 197 g/mol. The van der Waals surface area contributed by atoms with Crippen LogP contribution in [0.5, 0.6) is 5.75 Å². The molecule has 0 N–H and O–H groups in total. The molecule has 0 radical (unpaired) electrons. The van der Waals surface area contributed by atoms with Crippen molar-refractivity contribution in [3.8, 4) is 5.75 Å². The minimum absolute atomic E-state index is 0.0311. The van der Waals surface area contributed by atoms with Crippen LogP contribution >= 0.6 is 11.6 Å². The number of ketones is 1. The fraction of sp³-hybridized carbons (Fsp3) is 0.300. The maximum absolute atomic E-state index is 11.2. The van der Waals surface area contributed by atoms with Crippen LogP contribution < -0.4 is 4.74 Å². The van der Waals surface area contributed by atoms with Crippen molar-refractivity contribution < 1.29 is 9.53 Å². The van der Waals surface area contributed by atoms with E-state index in [-0.39, 0.29) is 11.7 Å². The second kappa shape index (κ2) is 3.38. The highest BCUT2D eigenvalue weighted by atomic mass is 35.5. The van der Waals surface area contributed by atoms with Crippen LogP contribution in [0.4, 0.5) is 0 Å². The number of hydrogen-bond acceptors (Lipinski definition) is 2. The van der Waals surface area contributed by atoms with Crippen molar-refractivity contribution in [1.29, 1.82) is 0 Å². The molecule has 0 spiro atoms. The fourth-order valence-electron chi connectivity index (χ4n) is 1.44. The molecule has 1 aliphatic rings. The van der Waals surface area contributed by atoms with Crippen LogP contribution in [0.25, 0.3) is 0 Å². The molecule has 0 unspecified atom stereocenters. The average Bonchev–Trinajstić information content (AvgIpc) is 2.63. The highest BCUT2D eigenvalue weighted by molar-refractivity contribution is 6.30. The number of halogens is 1. The molecular weight excluding hydrogens is 188 g/mol. The van der Waals surface area contributed by atoms with Crippen LogP contribution in [0.1, 0.15) is 15.9 Å². The molecule has 3 heteroatoms. The van der Waals surface area contributed by atoms with Gasteiger partial charge in [-0.3, -0.25) is 4.79 Å². The Balaban J connectivity index is 2.36. The molecule has 0 amide bonds. The van der Waals surface area contributed by atoms with Gasteiger partial charge in [0.15, 0.2) is 5.78 Å². The Kier molecular flexibility index (Phi) is 2.23. The number of carbonyl (C=O) groups excluding carboxylic acids is 1. The molecule has 1 aromatic rings. The van der Waals surface area contributed by atoms with E-state index in [4.69, 9.17) is 16.3 Å². The Morgan fingerprint density at radius 2 is 2.38 bits per heavy atom. The van der Waals surface area contributed by atoms with Gasteiger partial charge in [0.2, 0.25) is 0 Å². The first-order chi connectivity index (χ1) is 6.31. The van der Waals surface area contributed by atoms with Gasteiger partial charge in [-0.25, -0.2) is 0 Å². The summed E-state index contributed by atoms with van der Waals surface area (Å²) in [4.78, 5) is 11.2. The van der Waals surface area contributed by atoms with Crippen molar-refractivity contribution in [2.45, 2.75) is 6.42 Å². The van der Waals surface area contributed by atoms with Gasteiger partial charge in [-0.2, -0.15) is 0 Å². The first-order valence-corrected chi connectivity index (χ1v) is 4.69.